The van der Waals surface area contributed by atoms with Gasteiger partial charge in [0.2, 0.25) is 0 Å². The molecule has 51 heavy (non-hydrogen) atoms. The van der Waals surface area contributed by atoms with Gasteiger partial charge in [-0.3, -0.25) is 0 Å². The molecule has 0 fully saturated rings. The lowest BCUT2D eigenvalue weighted by Crippen LogP contribution is -2.55. The van der Waals surface area contributed by atoms with Gasteiger partial charge in [-0.1, -0.05) is 87.2 Å². The number of rotatable bonds is 11. The van der Waals surface area contributed by atoms with E-state index in [2.05, 4.69) is 25.7 Å². The average molecular weight is 886 g/mol. The van der Waals surface area contributed by atoms with Crippen molar-refractivity contribution >= 4 is 22.6 Å². The molecule has 2 aromatic rings. The van der Waals surface area contributed by atoms with E-state index in [0.29, 0.717) is 5.75 Å². The summed E-state index contributed by atoms with van der Waals surface area (Å²) in [6.45, 7) is 7.96. The molecule has 0 saturated carbocycles. The molecule has 0 bridgehead atoms. The third-order valence-electron chi connectivity index (χ3n) is 6.35. The second kappa shape index (κ2) is 23.4. The van der Waals surface area contributed by atoms with Crippen LogP contribution in [0.2, 0.25) is 0 Å². The minimum absolute atomic E-state index is 0. The monoisotopic (exact) mass is 885 g/mol. The van der Waals surface area contributed by atoms with Crippen LogP contribution in [0.5, 0.6) is 11.5 Å². The van der Waals surface area contributed by atoms with E-state index < -0.39 is 72.1 Å². The quantitative estimate of drug-likeness (QED) is 0.119. The lowest BCUT2D eigenvalue weighted by molar-refractivity contribution is -0.347. The van der Waals surface area contributed by atoms with E-state index in [9.17, 15) is 61.5 Å². The van der Waals surface area contributed by atoms with Gasteiger partial charge in [0.1, 0.15) is 17.6 Å². The third-order valence-corrected chi connectivity index (χ3v) is 7.19. The highest BCUT2D eigenvalue weighted by Crippen LogP contribution is 2.50. The van der Waals surface area contributed by atoms with Gasteiger partial charge in [0.25, 0.3) is 5.67 Å². The molecule has 2 unspecified atom stereocenters. The first kappa shape index (κ1) is 53.0. The van der Waals surface area contributed by atoms with Crippen LogP contribution in [0.25, 0.3) is 0 Å². The van der Waals surface area contributed by atoms with Crippen molar-refractivity contribution in [3.05, 3.63) is 60.7 Å². The van der Waals surface area contributed by atoms with Crippen LogP contribution < -0.4 is 4.74 Å². The highest BCUT2D eigenvalue weighted by atomic mass is 127. The van der Waals surface area contributed by atoms with Crippen molar-refractivity contribution in [2.75, 3.05) is 32.8 Å². The molecule has 0 aromatic heterocycles. The Balaban J connectivity index is -0.000000664. The molecule has 0 spiro atoms. The van der Waals surface area contributed by atoms with E-state index >= 15 is 0 Å². The molecular formula is C31H42F14INO4. The van der Waals surface area contributed by atoms with Gasteiger partial charge in [0.15, 0.2) is 0 Å². The number of aliphatic hydroxyl groups is 2. The number of phenols is 1. The predicted molar refractivity (Wildman–Crippen MR) is 172 cm³/mol. The molecule has 0 saturated heterocycles. The van der Waals surface area contributed by atoms with Gasteiger partial charge in [0, 0.05) is 16.8 Å². The summed E-state index contributed by atoms with van der Waals surface area (Å²) >= 11 is 1.12. The summed E-state index contributed by atoms with van der Waals surface area (Å²) in [7, 11) is 0. The molecule has 0 amide bonds. The number of phenolic OH excluding ortho intramolecular Hbond substituents is 1. The number of halogens is 15. The first-order valence-corrected chi connectivity index (χ1v) is 15.6. The van der Waals surface area contributed by atoms with Crippen molar-refractivity contribution in [2.45, 2.75) is 87.1 Å². The van der Waals surface area contributed by atoms with Gasteiger partial charge >= 0.3 is 30.4 Å². The molecule has 0 aliphatic heterocycles. The molecular weight excluding hydrogens is 843 g/mol. The van der Waals surface area contributed by atoms with Crippen molar-refractivity contribution in [3.63, 3.8) is 0 Å². The lowest BCUT2D eigenvalue weighted by Gasteiger charge is -2.32. The van der Waals surface area contributed by atoms with Crippen LogP contribution >= 0.6 is 22.6 Å². The molecule has 0 aliphatic rings. The van der Waals surface area contributed by atoms with Crippen molar-refractivity contribution < 1.29 is 81.5 Å². The van der Waals surface area contributed by atoms with E-state index in [0.717, 1.165) is 22.6 Å². The summed E-state index contributed by atoms with van der Waals surface area (Å²) in [4.78, 5) is 2.38. The molecule has 0 heterocycles. The summed E-state index contributed by atoms with van der Waals surface area (Å²) in [5.41, 5.74) is -10.7. The van der Waals surface area contributed by atoms with Crippen LogP contribution in [-0.4, -0.2) is 99.1 Å². The molecule has 300 valence electrons. The van der Waals surface area contributed by atoms with Crippen molar-refractivity contribution in [2.24, 2.45) is 0 Å². The Morgan fingerprint density at radius 2 is 0.922 bits per heavy atom. The molecule has 0 radical (unpaired) electrons. The van der Waals surface area contributed by atoms with E-state index in [4.69, 9.17) is 20.1 Å². The smallest absolute Gasteiger partial charge is 0.431 e. The number of hydrogen-bond donors (Lipinski definition) is 3. The molecule has 0 aliphatic carbocycles. The van der Waals surface area contributed by atoms with E-state index in [1.54, 1.807) is 24.3 Å². The second-order valence-electron chi connectivity index (χ2n) is 9.97. The van der Waals surface area contributed by atoms with Crippen LogP contribution in [0.4, 0.5) is 61.5 Å². The summed E-state index contributed by atoms with van der Waals surface area (Å²) in [5.74, 6) is 0.241. The first-order valence-electron chi connectivity index (χ1n) is 14.4. The fourth-order valence-electron chi connectivity index (χ4n) is 3.40. The molecule has 5 nitrogen and oxygen atoms in total. The maximum absolute atomic E-state index is 13.5. The fraction of sp³-hybridized carbons (Fsp3) is 0.613. The third kappa shape index (κ3) is 18.3. The van der Waals surface area contributed by atoms with Crippen LogP contribution in [0, 0.1) is 0 Å². The number of nitrogens with zero attached hydrogens (tertiary/aromatic N) is 1. The van der Waals surface area contributed by atoms with Crippen LogP contribution in [0.1, 0.15) is 41.0 Å². The standard InChI is InChI=1S/C12H11F7O2.C6H6F7IO.C6H15N.C6H6O.CH4/c13-10(11(14,15)16,12(17,18)19)6-9(7-20)21-8-4-2-1-3-5-8;7-4(5(8,9)10,6(11,12)13)1-3(14)2-15;1-4-7(5-2)6-3;7-6-4-2-1-3-5-6;/h1-5,9,20H,6-7H2;3,15H,1-2H2;4-6H2,1-3H3;1-5,7H;1H4. The minimum atomic E-state index is -6.17. The molecule has 3 N–H and O–H groups in total. The maximum atomic E-state index is 13.5. The van der Waals surface area contributed by atoms with Crippen molar-refractivity contribution in [3.8, 4) is 11.5 Å². The Morgan fingerprint density at radius 3 is 1.16 bits per heavy atom. The van der Waals surface area contributed by atoms with Crippen molar-refractivity contribution in [1.29, 1.82) is 0 Å². The average Bonchev–Trinajstić information content (AvgIpc) is 3.01. The van der Waals surface area contributed by atoms with Gasteiger partial charge < -0.3 is 25.0 Å². The van der Waals surface area contributed by atoms with E-state index in [-0.39, 0.29) is 13.2 Å². The number of para-hydroxylation sites is 2. The zero-order valence-electron chi connectivity index (χ0n) is 26.7. The SMILES string of the molecule is C.CCN(CC)CC.OCC(CC(F)(C(F)(F)F)C(F)(F)F)Oc1ccccc1.OCC(I)CC(F)(C(F)(F)F)C(F)(F)F.Oc1ccccc1. The second-order valence-corrected chi connectivity index (χ2v) is 11.7. The zero-order valence-corrected chi connectivity index (χ0v) is 28.9. The number of benzene rings is 2. The fourth-order valence-corrected chi connectivity index (χ4v) is 4.01. The Morgan fingerprint density at radius 1 is 0.588 bits per heavy atom. The van der Waals surface area contributed by atoms with Crippen LogP contribution in [0.15, 0.2) is 60.7 Å². The summed E-state index contributed by atoms with van der Waals surface area (Å²) in [5, 5.41) is 25.8. The largest absolute Gasteiger partial charge is 0.508 e. The predicted octanol–water partition coefficient (Wildman–Crippen LogP) is 10.0. The van der Waals surface area contributed by atoms with Gasteiger partial charge in [-0.15, -0.1) is 0 Å². The van der Waals surface area contributed by atoms with Gasteiger partial charge in [0.05, 0.1) is 13.2 Å². The first-order chi connectivity index (χ1) is 22.7. The summed E-state index contributed by atoms with van der Waals surface area (Å²) < 4.78 is 176. The molecule has 2 atom stereocenters. The maximum Gasteiger partial charge on any atom is 0.431 e. The van der Waals surface area contributed by atoms with Crippen LogP contribution in [0.3, 0.4) is 0 Å². The number of alkyl halides is 15. The topological polar surface area (TPSA) is 73.2 Å². The number of aromatic hydroxyl groups is 1. The van der Waals surface area contributed by atoms with Gasteiger partial charge in [-0.25, -0.2) is 8.78 Å². The Hall–Kier alpha value is -2.33. The Kier molecular flexibility index (Phi) is 24.3. The number of hydrogen-bond acceptors (Lipinski definition) is 5. The highest BCUT2D eigenvalue weighted by Gasteiger charge is 2.73. The van der Waals surface area contributed by atoms with Gasteiger partial charge in [-0.2, -0.15) is 52.7 Å². The van der Waals surface area contributed by atoms with E-state index in [1.807, 2.05) is 6.07 Å². The summed E-state index contributed by atoms with van der Waals surface area (Å²) in [6.07, 6.45) is -30.4. The van der Waals surface area contributed by atoms with Gasteiger partial charge in [-0.05, 0) is 43.9 Å². The minimum Gasteiger partial charge on any atom is -0.508 e. The van der Waals surface area contributed by atoms with Crippen molar-refractivity contribution in [1.82, 2.24) is 4.90 Å². The summed E-state index contributed by atoms with van der Waals surface area (Å²) in [6, 6.07) is 15.6. The normalized spacial score (nSPS) is 13.6. The molecule has 20 heteroatoms. The Labute approximate surface area is 300 Å². The molecule has 2 aromatic carbocycles. The van der Waals surface area contributed by atoms with E-state index in [1.165, 1.54) is 50.0 Å². The number of ether oxygens (including phenoxy) is 1. The highest BCUT2D eigenvalue weighted by molar-refractivity contribution is 14.1. The van der Waals surface area contributed by atoms with Crippen LogP contribution in [-0.2, 0) is 0 Å². The molecule has 2 rings (SSSR count). The number of aliphatic hydroxyl groups excluding tert-OH is 2. The Bertz CT molecular complexity index is 1110. The lowest BCUT2D eigenvalue weighted by atomic mass is 9.96. The zero-order chi connectivity index (χ0) is 39.6.